The van der Waals surface area contributed by atoms with E-state index < -0.39 is 11.6 Å². The van der Waals surface area contributed by atoms with Gasteiger partial charge in [0.05, 0.1) is 25.0 Å². The number of nitrogens with zero attached hydrogens (tertiary/aromatic N) is 1. The van der Waals surface area contributed by atoms with Gasteiger partial charge in [-0.15, -0.1) is 0 Å². The molecule has 16 heavy (non-hydrogen) atoms. The zero-order valence-electron chi connectivity index (χ0n) is 9.68. The minimum atomic E-state index is -0.532. The molecule has 0 aromatic rings. The van der Waals surface area contributed by atoms with Crippen molar-refractivity contribution in [1.29, 1.82) is 0 Å². The second-order valence-corrected chi connectivity index (χ2v) is 4.35. The Bertz CT molecular complexity index is 302. The van der Waals surface area contributed by atoms with Crippen LogP contribution in [0.2, 0.25) is 0 Å². The third-order valence-electron chi connectivity index (χ3n) is 3.35. The third kappa shape index (κ3) is 1.44. The van der Waals surface area contributed by atoms with Crippen molar-refractivity contribution in [3.05, 3.63) is 12.4 Å². The second-order valence-electron chi connectivity index (χ2n) is 4.35. The summed E-state index contributed by atoms with van der Waals surface area (Å²) in [5.41, 5.74) is 5.21. The van der Waals surface area contributed by atoms with Gasteiger partial charge in [-0.2, -0.15) is 0 Å². The maximum absolute atomic E-state index is 5.93. The molecule has 2 fully saturated rings. The summed E-state index contributed by atoms with van der Waals surface area (Å²) in [6, 6.07) is -0.508. The number of methoxy groups -OCH3 is 2. The SMILES string of the molecule is [B][C@@H]1O[C@]2(COC)CN(C(=C)N)C1C2OC. The van der Waals surface area contributed by atoms with Crippen LogP contribution in [0.5, 0.6) is 0 Å². The van der Waals surface area contributed by atoms with Crippen LogP contribution in [0.15, 0.2) is 12.4 Å². The number of fused-ring (bicyclic) bond motifs is 2. The largest absolute Gasteiger partial charge is 0.386 e. The maximum atomic E-state index is 5.93. The highest BCUT2D eigenvalue weighted by Crippen LogP contribution is 2.43. The Hall–Kier alpha value is -0.715. The van der Waals surface area contributed by atoms with E-state index in [4.69, 9.17) is 27.8 Å². The zero-order chi connectivity index (χ0) is 11.9. The highest BCUT2D eigenvalue weighted by atomic mass is 16.6. The minimum absolute atomic E-state index is 0.0855. The number of morpholine rings is 1. The van der Waals surface area contributed by atoms with E-state index in [0.29, 0.717) is 19.0 Å². The van der Waals surface area contributed by atoms with Crippen LogP contribution in [-0.2, 0) is 14.2 Å². The first-order valence-corrected chi connectivity index (χ1v) is 5.22. The molecule has 2 heterocycles. The molecule has 2 unspecified atom stereocenters. The lowest BCUT2D eigenvalue weighted by atomic mass is 9.90. The van der Waals surface area contributed by atoms with Crippen LogP contribution < -0.4 is 5.73 Å². The Morgan fingerprint density at radius 3 is 2.88 bits per heavy atom. The predicted octanol–water partition coefficient (Wildman–Crippen LogP) is -0.974. The number of rotatable bonds is 4. The van der Waals surface area contributed by atoms with Gasteiger partial charge in [-0.1, -0.05) is 6.58 Å². The molecule has 6 heteroatoms. The van der Waals surface area contributed by atoms with Crippen molar-refractivity contribution < 1.29 is 14.2 Å². The van der Waals surface area contributed by atoms with Gasteiger partial charge in [0.1, 0.15) is 19.6 Å². The number of hydrogen-bond donors (Lipinski definition) is 1. The standard InChI is InChI=1S/C10H17BN2O3/c1-6(12)13-4-10(5-14-2)8(15-3)7(13)9(11)16-10/h7-9H,1,4-5,12H2,2-3H3/t7?,8?,9-,10+/m1/s1. The lowest BCUT2D eigenvalue weighted by molar-refractivity contribution is -0.117. The topological polar surface area (TPSA) is 57.0 Å². The van der Waals surface area contributed by atoms with Gasteiger partial charge in [0.2, 0.25) is 0 Å². The lowest BCUT2D eigenvalue weighted by Gasteiger charge is -2.36. The molecule has 0 saturated carbocycles. The molecular weight excluding hydrogens is 207 g/mol. The van der Waals surface area contributed by atoms with E-state index in [2.05, 4.69) is 6.58 Å². The summed E-state index contributed by atoms with van der Waals surface area (Å²) >= 11 is 0. The number of nitrogens with two attached hydrogens (primary N) is 1. The quantitative estimate of drug-likeness (QED) is 0.622. The second kappa shape index (κ2) is 3.94. The first-order chi connectivity index (χ1) is 7.55. The Kier molecular flexibility index (Phi) is 2.90. The molecule has 2 N–H and O–H groups in total. The maximum Gasteiger partial charge on any atom is 0.136 e. The lowest BCUT2D eigenvalue weighted by Crippen LogP contribution is -2.50. The predicted molar refractivity (Wildman–Crippen MR) is 59.9 cm³/mol. The van der Waals surface area contributed by atoms with E-state index in [1.165, 1.54) is 0 Å². The van der Waals surface area contributed by atoms with E-state index >= 15 is 0 Å². The molecular formula is C10H17BN2O3. The van der Waals surface area contributed by atoms with Gasteiger partial charge in [0.25, 0.3) is 0 Å². The monoisotopic (exact) mass is 224 g/mol. The van der Waals surface area contributed by atoms with Crippen LogP contribution in [0.25, 0.3) is 0 Å². The first-order valence-electron chi connectivity index (χ1n) is 5.22. The molecule has 0 aromatic carbocycles. The molecule has 0 aliphatic carbocycles. The van der Waals surface area contributed by atoms with Gasteiger partial charge in [0, 0.05) is 20.2 Å². The van der Waals surface area contributed by atoms with Crippen LogP contribution in [0.4, 0.5) is 0 Å². The average Bonchev–Trinajstić information content (AvgIpc) is 2.65. The number of hydrogen-bond acceptors (Lipinski definition) is 5. The van der Waals surface area contributed by atoms with Crippen LogP contribution in [-0.4, -0.2) is 63.9 Å². The van der Waals surface area contributed by atoms with Gasteiger partial charge in [0.15, 0.2) is 0 Å². The molecule has 0 aromatic heterocycles. The summed E-state index contributed by atoms with van der Waals surface area (Å²) in [6.45, 7) is 4.78. The highest BCUT2D eigenvalue weighted by Gasteiger charge is 2.62. The number of likely N-dealkylation sites (tertiary alicyclic amines) is 1. The molecule has 88 valence electrons. The van der Waals surface area contributed by atoms with Crippen molar-refractivity contribution >= 4 is 7.85 Å². The first kappa shape index (κ1) is 11.8. The summed E-state index contributed by atoms with van der Waals surface area (Å²) in [5, 5.41) is 0. The van der Waals surface area contributed by atoms with E-state index in [9.17, 15) is 0 Å². The molecule has 0 amide bonds. The Morgan fingerprint density at radius 1 is 1.69 bits per heavy atom. The highest BCUT2D eigenvalue weighted by molar-refractivity contribution is 6.12. The molecule has 2 radical (unpaired) electrons. The fourth-order valence-electron chi connectivity index (χ4n) is 2.81. The summed E-state index contributed by atoms with van der Waals surface area (Å²) < 4.78 is 16.4. The molecule has 5 nitrogen and oxygen atoms in total. The Labute approximate surface area is 96.9 Å². The van der Waals surface area contributed by atoms with E-state index in [-0.39, 0.29) is 12.1 Å². The van der Waals surface area contributed by atoms with Crippen molar-refractivity contribution in [2.45, 2.75) is 23.8 Å². The third-order valence-corrected chi connectivity index (χ3v) is 3.35. The normalized spacial score (nSPS) is 41.6. The zero-order valence-corrected chi connectivity index (χ0v) is 9.68. The molecule has 2 aliphatic rings. The summed E-state index contributed by atoms with van der Waals surface area (Å²) in [4.78, 5) is 1.93. The fraction of sp³-hybridized carbons (Fsp3) is 0.800. The van der Waals surface area contributed by atoms with Crippen molar-refractivity contribution in [2.24, 2.45) is 5.73 Å². The smallest absolute Gasteiger partial charge is 0.136 e. The molecule has 2 aliphatic heterocycles. The van der Waals surface area contributed by atoms with Gasteiger partial charge in [-0.05, 0) is 0 Å². The van der Waals surface area contributed by atoms with E-state index in [1.54, 1.807) is 14.2 Å². The summed E-state index contributed by atoms with van der Waals surface area (Å²) in [5.74, 6) is 0.490. The van der Waals surface area contributed by atoms with Gasteiger partial charge in [-0.25, -0.2) is 0 Å². The van der Waals surface area contributed by atoms with Crippen LogP contribution in [0, 0.1) is 0 Å². The molecule has 4 atom stereocenters. The van der Waals surface area contributed by atoms with Crippen molar-refractivity contribution in [3.8, 4) is 0 Å². The van der Waals surface area contributed by atoms with E-state index in [1.807, 2.05) is 4.90 Å². The van der Waals surface area contributed by atoms with Crippen LogP contribution in [0.1, 0.15) is 0 Å². The molecule has 2 bridgehead atoms. The van der Waals surface area contributed by atoms with Crippen molar-refractivity contribution in [3.63, 3.8) is 0 Å². The van der Waals surface area contributed by atoms with Crippen LogP contribution >= 0.6 is 0 Å². The van der Waals surface area contributed by atoms with E-state index in [0.717, 1.165) is 0 Å². The molecule has 0 spiro atoms. The summed E-state index contributed by atoms with van der Waals surface area (Å²) in [7, 11) is 9.21. The van der Waals surface area contributed by atoms with Gasteiger partial charge < -0.3 is 24.8 Å². The Balaban J connectivity index is 2.29. The van der Waals surface area contributed by atoms with Gasteiger partial charge in [-0.3, -0.25) is 0 Å². The van der Waals surface area contributed by atoms with Crippen molar-refractivity contribution in [2.75, 3.05) is 27.4 Å². The van der Waals surface area contributed by atoms with Crippen molar-refractivity contribution in [1.82, 2.24) is 4.90 Å². The fourth-order valence-corrected chi connectivity index (χ4v) is 2.81. The van der Waals surface area contributed by atoms with Crippen LogP contribution in [0.3, 0.4) is 0 Å². The Morgan fingerprint density at radius 2 is 2.38 bits per heavy atom. The summed E-state index contributed by atoms with van der Waals surface area (Å²) in [6.07, 6.45) is -0.136. The molecule has 2 saturated heterocycles. The number of ether oxygens (including phenoxy) is 3. The minimum Gasteiger partial charge on any atom is -0.386 e. The average molecular weight is 224 g/mol. The molecule has 2 rings (SSSR count). The van der Waals surface area contributed by atoms with Gasteiger partial charge >= 0.3 is 0 Å².